The van der Waals surface area contributed by atoms with Gasteiger partial charge in [-0.3, -0.25) is 0 Å². The molecule has 2 heteroatoms. The molecule has 3 aromatic carbocycles. The minimum absolute atomic E-state index is 0.00338. The number of hydrogen-bond acceptors (Lipinski definition) is 1. The Bertz CT molecular complexity index is 845. The maximum absolute atomic E-state index is 11.7. The van der Waals surface area contributed by atoms with Crippen LogP contribution in [0.15, 0.2) is 91.0 Å². The Morgan fingerprint density at radius 2 is 1.17 bits per heavy atom. The highest BCUT2D eigenvalue weighted by Crippen LogP contribution is 2.46. The van der Waals surface area contributed by atoms with Gasteiger partial charge in [-0.2, -0.15) is 0 Å². The Kier molecular flexibility index (Phi) is 7.33. The lowest BCUT2D eigenvalue weighted by Gasteiger charge is -2.51. The van der Waals surface area contributed by atoms with Gasteiger partial charge < -0.3 is 5.11 Å². The third kappa shape index (κ3) is 4.31. The second kappa shape index (κ2) is 9.76. The Morgan fingerprint density at radius 3 is 1.57 bits per heavy atom. The van der Waals surface area contributed by atoms with E-state index in [-0.39, 0.29) is 16.7 Å². The van der Waals surface area contributed by atoms with E-state index < -0.39 is 8.07 Å². The van der Waals surface area contributed by atoms with Crippen LogP contribution in [-0.2, 0) is 0 Å². The van der Waals surface area contributed by atoms with E-state index in [0.717, 1.165) is 19.3 Å². The van der Waals surface area contributed by atoms with Crippen molar-refractivity contribution in [2.24, 2.45) is 0 Å². The number of aliphatic hydroxyl groups is 1. The van der Waals surface area contributed by atoms with Gasteiger partial charge in [-0.15, -0.1) is 0 Å². The summed E-state index contributed by atoms with van der Waals surface area (Å²) in [6.07, 6.45) is 2.60. The van der Waals surface area contributed by atoms with Gasteiger partial charge in [0.1, 0.15) is 8.07 Å². The summed E-state index contributed by atoms with van der Waals surface area (Å²) >= 11 is 0. The molecule has 1 nitrogen and oxygen atoms in total. The first-order valence-electron chi connectivity index (χ1n) is 11.3. The van der Waals surface area contributed by atoms with Crippen molar-refractivity contribution in [2.75, 3.05) is 0 Å². The van der Waals surface area contributed by atoms with Crippen LogP contribution < -0.4 is 10.4 Å². The summed E-state index contributed by atoms with van der Waals surface area (Å²) in [5, 5.41) is 14.5. The van der Waals surface area contributed by atoms with Crippen LogP contribution in [0.25, 0.3) is 0 Å². The fourth-order valence-corrected chi connectivity index (χ4v) is 11.9. The lowest BCUT2D eigenvalue weighted by Crippen LogP contribution is -2.70. The first-order chi connectivity index (χ1) is 14.4. The molecule has 0 aliphatic rings. The van der Waals surface area contributed by atoms with Crippen molar-refractivity contribution in [3.05, 3.63) is 96.6 Å². The van der Waals surface area contributed by atoms with Crippen LogP contribution in [0.3, 0.4) is 0 Å². The smallest absolute Gasteiger partial charge is 0.133 e. The quantitative estimate of drug-likeness (QED) is 0.452. The Labute approximate surface area is 183 Å². The van der Waals surface area contributed by atoms with E-state index in [0.29, 0.717) is 0 Å². The molecule has 0 aliphatic heterocycles. The van der Waals surface area contributed by atoms with E-state index >= 15 is 0 Å². The van der Waals surface area contributed by atoms with Crippen molar-refractivity contribution in [3.8, 4) is 0 Å². The van der Waals surface area contributed by atoms with Gasteiger partial charge in [0.2, 0.25) is 0 Å². The van der Waals surface area contributed by atoms with E-state index in [9.17, 15) is 5.11 Å². The molecule has 0 bridgehead atoms. The van der Waals surface area contributed by atoms with Gasteiger partial charge in [0, 0.05) is 5.54 Å². The summed E-state index contributed by atoms with van der Waals surface area (Å²) in [6.45, 7) is 9.33. The molecule has 30 heavy (non-hydrogen) atoms. The van der Waals surface area contributed by atoms with Gasteiger partial charge in [-0.05, 0) is 17.0 Å². The molecule has 0 aromatic heterocycles. The minimum atomic E-state index is -2.48. The van der Waals surface area contributed by atoms with Crippen LogP contribution >= 0.6 is 0 Å². The molecule has 0 unspecified atom stereocenters. The number of rotatable bonds is 8. The molecule has 0 saturated heterocycles. The van der Waals surface area contributed by atoms with Crippen molar-refractivity contribution < 1.29 is 5.11 Å². The van der Waals surface area contributed by atoms with Crippen molar-refractivity contribution in [1.82, 2.24) is 0 Å². The highest BCUT2D eigenvalue weighted by atomic mass is 28.3. The second-order valence-electron chi connectivity index (χ2n) is 9.39. The van der Waals surface area contributed by atoms with Gasteiger partial charge in [0.25, 0.3) is 0 Å². The van der Waals surface area contributed by atoms with E-state index in [1.807, 2.05) is 0 Å². The van der Waals surface area contributed by atoms with E-state index in [1.54, 1.807) is 0 Å². The van der Waals surface area contributed by atoms with Crippen LogP contribution in [0.2, 0.25) is 5.04 Å². The molecule has 0 spiro atoms. The Balaban J connectivity index is 2.37. The molecule has 0 heterocycles. The molecule has 0 aliphatic carbocycles. The average molecular weight is 417 g/mol. The number of benzene rings is 3. The maximum atomic E-state index is 11.7. The normalized spacial score (nSPS) is 14.3. The van der Waals surface area contributed by atoms with Crippen molar-refractivity contribution >= 4 is 18.4 Å². The monoisotopic (exact) mass is 416 g/mol. The standard InChI is InChI=1S/C28H36OSi/c1-5-6-22-26(29)27(23-16-10-7-11-17-23)30(28(2,3)4,24-18-12-8-13-19-24)25-20-14-9-15-21-25/h7-21,26-27,29H,5-6,22H2,1-4H3/t26-,27+/m1/s1. The summed E-state index contributed by atoms with van der Waals surface area (Å²) in [6, 6.07) is 32.8. The number of aliphatic hydroxyl groups excluding tert-OH is 1. The second-order valence-corrected chi connectivity index (χ2v) is 14.3. The van der Waals surface area contributed by atoms with Gasteiger partial charge in [-0.1, -0.05) is 142 Å². The fraction of sp³-hybridized carbons (Fsp3) is 0.357. The van der Waals surface area contributed by atoms with E-state index in [2.05, 4.69) is 119 Å². The molecule has 0 radical (unpaired) electrons. The average Bonchev–Trinajstić information content (AvgIpc) is 2.76. The predicted octanol–water partition coefficient (Wildman–Crippen LogP) is 5.92. The molecule has 0 fully saturated rings. The summed E-state index contributed by atoms with van der Waals surface area (Å²) in [7, 11) is -2.48. The van der Waals surface area contributed by atoms with Crippen molar-refractivity contribution in [1.29, 1.82) is 0 Å². The zero-order valence-corrected chi connectivity index (χ0v) is 19.9. The van der Waals surface area contributed by atoms with Crippen LogP contribution in [-0.4, -0.2) is 19.3 Å². The summed E-state index contributed by atoms with van der Waals surface area (Å²) in [4.78, 5) is 0. The zero-order chi connectivity index (χ0) is 21.6. The molecular weight excluding hydrogens is 380 g/mol. The molecule has 3 rings (SSSR count). The Hall–Kier alpha value is -2.16. The highest BCUT2D eigenvalue weighted by Gasteiger charge is 2.55. The van der Waals surface area contributed by atoms with Crippen LogP contribution in [0.4, 0.5) is 0 Å². The summed E-state index contributed by atoms with van der Waals surface area (Å²) in [5.74, 6) is 0. The molecule has 3 aromatic rings. The van der Waals surface area contributed by atoms with Gasteiger partial charge >= 0.3 is 0 Å². The third-order valence-corrected chi connectivity index (χ3v) is 13.0. The van der Waals surface area contributed by atoms with E-state index in [1.165, 1.54) is 15.9 Å². The topological polar surface area (TPSA) is 20.2 Å². The molecule has 0 saturated carbocycles. The van der Waals surface area contributed by atoms with E-state index in [4.69, 9.17) is 0 Å². The first kappa shape index (κ1) is 22.5. The highest BCUT2D eigenvalue weighted by molar-refractivity contribution is 7.05. The predicted molar refractivity (Wildman–Crippen MR) is 132 cm³/mol. The lowest BCUT2D eigenvalue weighted by molar-refractivity contribution is 0.152. The molecule has 2 atom stereocenters. The first-order valence-corrected chi connectivity index (χ1v) is 13.3. The SMILES string of the molecule is CCCC[C@@H](O)[C@H](c1ccccc1)[Si](c1ccccc1)(c1ccccc1)C(C)(C)C. The van der Waals surface area contributed by atoms with Crippen LogP contribution in [0.1, 0.15) is 58.1 Å². The maximum Gasteiger partial charge on any atom is 0.133 e. The molecule has 1 N–H and O–H groups in total. The van der Waals surface area contributed by atoms with Gasteiger partial charge in [0.15, 0.2) is 0 Å². The molecule has 158 valence electrons. The van der Waals surface area contributed by atoms with Crippen molar-refractivity contribution in [3.63, 3.8) is 0 Å². The van der Waals surface area contributed by atoms with Crippen LogP contribution in [0, 0.1) is 0 Å². The van der Waals surface area contributed by atoms with Crippen LogP contribution in [0.5, 0.6) is 0 Å². The fourth-order valence-electron chi connectivity index (χ4n) is 5.26. The largest absolute Gasteiger partial charge is 0.393 e. The summed E-state index contributed by atoms with van der Waals surface area (Å²) in [5.41, 5.74) is 1.34. The zero-order valence-electron chi connectivity index (χ0n) is 18.9. The number of hydrogen-bond donors (Lipinski definition) is 1. The van der Waals surface area contributed by atoms with Crippen molar-refractivity contribution in [2.45, 2.75) is 63.6 Å². The van der Waals surface area contributed by atoms with Gasteiger partial charge in [-0.25, -0.2) is 0 Å². The lowest BCUT2D eigenvalue weighted by atomic mass is 10.0. The summed E-state index contributed by atoms with van der Waals surface area (Å²) < 4.78 is 0. The third-order valence-electron chi connectivity index (χ3n) is 6.50. The van der Waals surface area contributed by atoms with Gasteiger partial charge in [0.05, 0.1) is 6.10 Å². The minimum Gasteiger partial charge on any atom is -0.393 e. The molecule has 0 amide bonds. The molecular formula is C28H36OSi. The number of unbranched alkanes of at least 4 members (excludes halogenated alkanes) is 1. The Morgan fingerprint density at radius 1 is 0.733 bits per heavy atom.